The van der Waals surface area contributed by atoms with Gasteiger partial charge in [-0.2, -0.15) is 0 Å². The highest BCUT2D eigenvalue weighted by atomic mass is 16.8. The van der Waals surface area contributed by atoms with Crippen LogP contribution in [0.1, 0.15) is 127 Å². The molecule has 11 aliphatic rings. The Morgan fingerprint density at radius 3 is 1.61 bits per heavy atom. The highest BCUT2D eigenvalue weighted by Gasteiger charge is 2.80. The molecule has 0 aromatic carbocycles. The Hall–Kier alpha value is -1.53. The quantitative estimate of drug-likeness (QED) is 0.0857. The molecule has 0 aromatic heterocycles. The Morgan fingerprint density at radius 2 is 0.977 bits per heavy atom. The molecule has 11 rings (SSSR count). The van der Waals surface area contributed by atoms with Crippen molar-refractivity contribution >= 4 is 5.97 Å². The molecule has 6 heterocycles. The topological polar surface area (TPSA) is 422 Å². The van der Waals surface area contributed by atoms with E-state index in [0.29, 0.717) is 25.9 Å². The molecule has 27 heteroatoms. The van der Waals surface area contributed by atoms with Crippen molar-refractivity contribution in [2.24, 2.45) is 50.2 Å². The van der Waals surface area contributed by atoms with Crippen LogP contribution in [-0.2, 0) is 56.9 Å². The van der Waals surface area contributed by atoms with Gasteiger partial charge in [0.15, 0.2) is 37.6 Å². The van der Waals surface area contributed by atoms with Gasteiger partial charge in [-0.3, -0.25) is 0 Å². The zero-order chi connectivity index (χ0) is 63.4. The summed E-state index contributed by atoms with van der Waals surface area (Å²) in [7, 11) is 0. The van der Waals surface area contributed by atoms with Gasteiger partial charge in [0.05, 0.1) is 49.8 Å². The van der Waals surface area contributed by atoms with Gasteiger partial charge in [-0.25, -0.2) is 4.79 Å². The standard InChI is InChI=1S/C60H98O27/c1-23-32(64)36(68)40(72)49(78-23)85-45-38(70)33(65)24(2)79-51(45)86-46-39(71)35(67)26(21-62)81-52(46)83-43-42(74)44(48(75)76)84-53(47(43)87-50-41(73)37(69)34(66)25(20-61)80-50)82-31-12-13-56(7)27(55(31,5)6)10-14-57(8)28(56)11-15-60-29-18-54(3,4)16-17-59(29,22-77-60)30(63)19-58(57,60)9/h23-47,49-53,61-74H,10-22H2,1-9H3,(H,75,76)/t23-,24-,25+,26+,27-,28+,29+,30+,31-,32-,33-,34+,35+,36+,37-,38+,39-,40+,41-,42-,43-,44-,45+,46+,47+,49-,50?,51-,52-,53+,56-,57+,58-,59+,60-/m0/s1. The Kier molecular flexibility index (Phi) is 18.3. The van der Waals surface area contributed by atoms with Crippen LogP contribution in [0.15, 0.2) is 0 Å². The van der Waals surface area contributed by atoms with Crippen molar-refractivity contribution in [2.45, 2.75) is 298 Å². The number of carboxylic acids is 1. The van der Waals surface area contributed by atoms with Crippen LogP contribution in [0.5, 0.6) is 0 Å². The van der Waals surface area contributed by atoms with Gasteiger partial charge < -0.3 is 129 Å². The molecule has 15 N–H and O–H groups in total. The molecule has 6 aliphatic heterocycles. The van der Waals surface area contributed by atoms with Crippen LogP contribution in [0.4, 0.5) is 0 Å². The number of hydrogen-bond acceptors (Lipinski definition) is 26. The summed E-state index contributed by atoms with van der Waals surface area (Å²) in [6.07, 6.45) is -40.2. The number of carbonyl (C=O) groups is 1. The number of fused-ring (bicyclic) bond motifs is 4. The minimum atomic E-state index is -2.30. The molecule has 5 saturated carbocycles. The Balaban J connectivity index is 0.911. The van der Waals surface area contributed by atoms with Crippen molar-refractivity contribution in [1.29, 1.82) is 0 Å². The second kappa shape index (κ2) is 23.7. The average Bonchev–Trinajstić information content (AvgIpc) is 1.62. The monoisotopic (exact) mass is 1250 g/mol. The third-order valence-electron chi connectivity index (χ3n) is 24.6. The number of rotatable bonds is 13. The van der Waals surface area contributed by atoms with Crippen molar-refractivity contribution in [1.82, 2.24) is 0 Å². The molecule has 27 nitrogen and oxygen atoms in total. The van der Waals surface area contributed by atoms with Gasteiger partial charge in [-0.05, 0) is 117 Å². The SMILES string of the molecule is C[C@@H]1O[C@@H](O[C@H]2[C@H](O[C@H]3[C@H](O[C@H]4[C@H](O)[C@@H](C(=O)O)O[C@@H](O[C@H]5CC[C@]6(C)[C@H]7CC[C@]89OC[C@@]%10(CCC(C)(C)C[C@H]%108)[C@H](O)C[C@@]9(C)[C@]7(C)CC[C@H]6C5(C)C)[C@@H]4OC4O[C@H](CO)[C@@H](O)[C@H](O)[C@@H]4O)O[C@H](CO)[C@@H](O)[C@@H]3O)O[C@@H](C)[C@H](O)[C@H]2O)[C@H](O)[C@H](O)[C@H]1O. The normalized spacial score (nSPS) is 57.2. The molecule has 0 amide bonds. The molecule has 6 saturated heterocycles. The van der Waals surface area contributed by atoms with Crippen LogP contribution in [0, 0.1) is 50.2 Å². The maximum atomic E-state index is 13.4. The maximum Gasteiger partial charge on any atom is 0.335 e. The first-order valence-corrected chi connectivity index (χ1v) is 31.5. The number of carboxylic acid groups (broad SMARTS) is 1. The molecule has 87 heavy (non-hydrogen) atoms. The minimum Gasteiger partial charge on any atom is -0.479 e. The fraction of sp³-hybridized carbons (Fsp3) is 0.983. The lowest BCUT2D eigenvalue weighted by atomic mass is 9.30. The zero-order valence-corrected chi connectivity index (χ0v) is 51.1. The van der Waals surface area contributed by atoms with Crippen molar-refractivity contribution in [2.75, 3.05) is 19.8 Å². The van der Waals surface area contributed by atoms with E-state index in [9.17, 15) is 81.4 Å². The summed E-state index contributed by atoms with van der Waals surface area (Å²) in [6, 6.07) is 0. The molecule has 500 valence electrons. The van der Waals surface area contributed by atoms with E-state index in [0.717, 1.165) is 44.9 Å². The fourth-order valence-electron chi connectivity index (χ4n) is 19.3. The van der Waals surface area contributed by atoms with Crippen molar-refractivity contribution in [3.05, 3.63) is 0 Å². The molecule has 2 bridgehead atoms. The zero-order valence-electron chi connectivity index (χ0n) is 51.1. The Morgan fingerprint density at radius 1 is 0.471 bits per heavy atom. The lowest BCUT2D eigenvalue weighted by molar-refractivity contribution is -0.412. The van der Waals surface area contributed by atoms with Gasteiger partial charge >= 0.3 is 5.97 Å². The van der Waals surface area contributed by atoms with Crippen LogP contribution in [0.3, 0.4) is 0 Å². The Bertz CT molecular complexity index is 2440. The van der Waals surface area contributed by atoms with Crippen molar-refractivity contribution in [3.8, 4) is 0 Å². The van der Waals surface area contributed by atoms with E-state index in [1.165, 1.54) is 13.8 Å². The first kappa shape index (κ1) is 66.9. The fourth-order valence-corrected chi connectivity index (χ4v) is 19.3. The van der Waals surface area contributed by atoms with Crippen molar-refractivity contribution in [3.63, 3.8) is 0 Å². The minimum absolute atomic E-state index is 0.0199. The van der Waals surface area contributed by atoms with E-state index in [1.807, 2.05) is 0 Å². The summed E-state index contributed by atoms with van der Waals surface area (Å²) < 4.78 is 69.1. The maximum absolute atomic E-state index is 13.4. The highest BCUT2D eigenvalue weighted by molar-refractivity contribution is 5.73. The van der Waals surface area contributed by atoms with Gasteiger partial charge in [-0.1, -0.05) is 48.5 Å². The number of aliphatic hydroxyl groups excluding tert-OH is 14. The summed E-state index contributed by atoms with van der Waals surface area (Å²) in [5, 5.41) is 167. The summed E-state index contributed by atoms with van der Waals surface area (Å²) in [4.78, 5) is 13.4. The first-order chi connectivity index (χ1) is 40.7. The summed E-state index contributed by atoms with van der Waals surface area (Å²) >= 11 is 0. The van der Waals surface area contributed by atoms with Gasteiger partial charge in [0, 0.05) is 10.8 Å². The van der Waals surface area contributed by atoms with E-state index in [1.54, 1.807) is 0 Å². The van der Waals surface area contributed by atoms with Gasteiger partial charge in [0.25, 0.3) is 0 Å². The second-order valence-electron chi connectivity index (χ2n) is 29.9. The second-order valence-corrected chi connectivity index (χ2v) is 29.9. The molecule has 1 unspecified atom stereocenters. The highest BCUT2D eigenvalue weighted by Crippen LogP contribution is 2.80. The van der Waals surface area contributed by atoms with E-state index in [4.69, 9.17) is 52.1 Å². The van der Waals surface area contributed by atoms with Crippen LogP contribution < -0.4 is 0 Å². The number of aliphatic carboxylic acids is 1. The number of ether oxygens (including phenoxy) is 11. The summed E-state index contributed by atoms with van der Waals surface area (Å²) in [6.45, 7) is 17.4. The summed E-state index contributed by atoms with van der Waals surface area (Å²) in [5.41, 5.74) is -2.18. The lowest BCUT2D eigenvalue weighted by Gasteiger charge is -2.75. The van der Waals surface area contributed by atoms with E-state index in [2.05, 4.69) is 48.5 Å². The molecule has 5 aliphatic carbocycles. The third-order valence-corrected chi connectivity index (χ3v) is 24.6. The van der Waals surface area contributed by atoms with Gasteiger partial charge in [0.2, 0.25) is 0 Å². The van der Waals surface area contributed by atoms with Crippen LogP contribution in [0.25, 0.3) is 0 Å². The average molecular weight is 1250 g/mol. The molecule has 35 atom stereocenters. The van der Waals surface area contributed by atoms with Crippen LogP contribution >= 0.6 is 0 Å². The summed E-state index contributed by atoms with van der Waals surface area (Å²) in [5.74, 6) is -1.33. The molecule has 0 radical (unpaired) electrons. The van der Waals surface area contributed by atoms with Gasteiger partial charge in [0.1, 0.15) is 104 Å². The molecule has 0 aromatic rings. The van der Waals surface area contributed by atoms with Crippen LogP contribution in [-0.4, -0.2) is 274 Å². The Labute approximate surface area is 506 Å². The van der Waals surface area contributed by atoms with Crippen LogP contribution in [0.2, 0.25) is 0 Å². The molecular formula is C60H98O27. The van der Waals surface area contributed by atoms with E-state index < -0.39 is 196 Å². The third kappa shape index (κ3) is 10.5. The lowest BCUT2D eigenvalue weighted by Crippen LogP contribution is -2.74. The molecular weight excluding hydrogens is 1150 g/mol. The van der Waals surface area contributed by atoms with Crippen molar-refractivity contribution < 1.29 is 133 Å². The smallest absolute Gasteiger partial charge is 0.335 e. The molecule has 1 spiro atoms. The molecule has 11 fully saturated rings. The van der Waals surface area contributed by atoms with Gasteiger partial charge in [-0.15, -0.1) is 0 Å². The van der Waals surface area contributed by atoms with E-state index in [-0.39, 0.29) is 44.8 Å². The largest absolute Gasteiger partial charge is 0.479 e. The number of hydrogen-bond donors (Lipinski definition) is 15. The predicted molar refractivity (Wildman–Crippen MR) is 293 cm³/mol. The van der Waals surface area contributed by atoms with E-state index >= 15 is 0 Å². The number of aliphatic hydroxyl groups is 14. The first-order valence-electron chi connectivity index (χ1n) is 31.5. The predicted octanol–water partition coefficient (Wildman–Crippen LogP) is -2.38.